The van der Waals surface area contributed by atoms with Crippen LogP contribution in [0.1, 0.15) is 19.3 Å². The predicted octanol–water partition coefficient (Wildman–Crippen LogP) is 3.31. The first kappa shape index (κ1) is 20.1. The fourth-order valence-electron chi connectivity index (χ4n) is 3.64. The molecule has 0 aliphatic carbocycles. The highest BCUT2D eigenvalue weighted by Crippen LogP contribution is 2.28. The summed E-state index contributed by atoms with van der Waals surface area (Å²) < 4.78 is 12.8. The highest BCUT2D eigenvalue weighted by atomic mass is 16.5. The SMILES string of the molecule is COc1cccc(-c2cc(-c3cccnc3)nn2CCNC(=O)CC2CCCO2)c1. The quantitative estimate of drug-likeness (QED) is 0.621. The minimum atomic E-state index is 0.0180. The zero-order valence-electron chi connectivity index (χ0n) is 17.1. The van der Waals surface area contributed by atoms with E-state index < -0.39 is 0 Å². The lowest BCUT2D eigenvalue weighted by Gasteiger charge is -2.11. The van der Waals surface area contributed by atoms with Crippen molar-refractivity contribution in [2.24, 2.45) is 0 Å². The molecule has 4 rings (SSSR count). The number of benzene rings is 1. The van der Waals surface area contributed by atoms with Gasteiger partial charge in [0.15, 0.2) is 0 Å². The van der Waals surface area contributed by atoms with Gasteiger partial charge in [-0.2, -0.15) is 5.10 Å². The van der Waals surface area contributed by atoms with Gasteiger partial charge in [0.05, 0.1) is 37.6 Å². The highest BCUT2D eigenvalue weighted by molar-refractivity contribution is 5.76. The Labute approximate surface area is 176 Å². The number of carbonyl (C=O) groups excluding carboxylic acids is 1. The van der Waals surface area contributed by atoms with Crippen molar-refractivity contribution in [3.63, 3.8) is 0 Å². The van der Waals surface area contributed by atoms with Crippen LogP contribution in [0, 0.1) is 0 Å². The number of amides is 1. The lowest BCUT2D eigenvalue weighted by molar-refractivity contribution is -0.123. The minimum absolute atomic E-state index is 0.0180. The fraction of sp³-hybridized carbons (Fsp3) is 0.348. The van der Waals surface area contributed by atoms with Crippen LogP contribution in [-0.2, 0) is 16.1 Å². The van der Waals surface area contributed by atoms with Crippen molar-refractivity contribution in [3.8, 4) is 28.3 Å². The molecule has 7 heteroatoms. The Kier molecular flexibility index (Phi) is 6.39. The number of ether oxygens (including phenoxy) is 2. The van der Waals surface area contributed by atoms with Gasteiger partial charge in [-0.3, -0.25) is 14.5 Å². The molecule has 1 unspecified atom stereocenters. The maximum atomic E-state index is 12.2. The summed E-state index contributed by atoms with van der Waals surface area (Å²) in [5.41, 5.74) is 3.75. The van der Waals surface area contributed by atoms with E-state index in [0.29, 0.717) is 19.5 Å². The van der Waals surface area contributed by atoms with Crippen LogP contribution in [0.2, 0.25) is 0 Å². The van der Waals surface area contributed by atoms with E-state index in [2.05, 4.69) is 10.3 Å². The number of hydrogen-bond donors (Lipinski definition) is 1. The Hall–Kier alpha value is -3.19. The van der Waals surface area contributed by atoms with Gasteiger partial charge in [-0.25, -0.2) is 0 Å². The molecule has 0 radical (unpaired) electrons. The second-order valence-corrected chi connectivity index (χ2v) is 7.30. The van der Waals surface area contributed by atoms with Gasteiger partial charge < -0.3 is 14.8 Å². The Morgan fingerprint density at radius 3 is 2.93 bits per heavy atom. The van der Waals surface area contributed by atoms with Crippen LogP contribution in [0.3, 0.4) is 0 Å². The van der Waals surface area contributed by atoms with Gasteiger partial charge in [0.1, 0.15) is 5.75 Å². The smallest absolute Gasteiger partial charge is 0.222 e. The molecule has 3 heterocycles. The van der Waals surface area contributed by atoms with Gasteiger partial charge in [-0.1, -0.05) is 12.1 Å². The van der Waals surface area contributed by atoms with Crippen molar-refractivity contribution in [1.29, 1.82) is 0 Å². The molecule has 7 nitrogen and oxygen atoms in total. The average molecular weight is 406 g/mol. The Morgan fingerprint density at radius 1 is 1.27 bits per heavy atom. The molecule has 0 bridgehead atoms. The number of nitrogens with zero attached hydrogens (tertiary/aromatic N) is 3. The molecular formula is C23H26N4O3. The third kappa shape index (κ3) is 4.86. The molecule has 1 atom stereocenters. The number of hydrogen-bond acceptors (Lipinski definition) is 5. The number of aromatic nitrogens is 3. The third-order valence-electron chi connectivity index (χ3n) is 5.19. The molecule has 1 aromatic carbocycles. The monoisotopic (exact) mass is 406 g/mol. The van der Waals surface area contributed by atoms with Crippen molar-refractivity contribution in [3.05, 3.63) is 54.9 Å². The summed E-state index contributed by atoms with van der Waals surface area (Å²) in [6.07, 6.45) is 6.01. The van der Waals surface area contributed by atoms with Gasteiger partial charge in [0, 0.05) is 36.7 Å². The number of methoxy groups -OCH3 is 1. The Morgan fingerprint density at radius 2 is 2.17 bits per heavy atom. The van der Waals surface area contributed by atoms with Gasteiger partial charge in [-0.15, -0.1) is 0 Å². The van der Waals surface area contributed by atoms with Crippen LogP contribution >= 0.6 is 0 Å². The number of rotatable bonds is 8. The van der Waals surface area contributed by atoms with Gasteiger partial charge >= 0.3 is 0 Å². The summed E-state index contributed by atoms with van der Waals surface area (Å²) in [7, 11) is 1.65. The number of nitrogens with one attached hydrogen (secondary N) is 1. The van der Waals surface area contributed by atoms with Gasteiger partial charge in [-0.05, 0) is 43.2 Å². The number of carbonyl (C=O) groups is 1. The summed E-state index contributed by atoms with van der Waals surface area (Å²) in [5, 5.41) is 7.76. The van der Waals surface area contributed by atoms with Crippen LogP contribution in [-0.4, -0.2) is 47.0 Å². The fourth-order valence-corrected chi connectivity index (χ4v) is 3.64. The molecule has 1 aliphatic rings. The average Bonchev–Trinajstić information content (AvgIpc) is 3.44. The van der Waals surface area contributed by atoms with E-state index in [9.17, 15) is 4.79 Å². The second kappa shape index (κ2) is 9.54. The predicted molar refractivity (Wildman–Crippen MR) is 114 cm³/mol. The van der Waals surface area contributed by atoms with Crippen LogP contribution in [0.15, 0.2) is 54.9 Å². The van der Waals surface area contributed by atoms with Crippen LogP contribution in [0.4, 0.5) is 0 Å². The molecule has 1 fully saturated rings. The summed E-state index contributed by atoms with van der Waals surface area (Å²) in [6.45, 7) is 1.81. The van der Waals surface area contributed by atoms with Crippen LogP contribution < -0.4 is 10.1 Å². The first-order valence-corrected chi connectivity index (χ1v) is 10.2. The maximum absolute atomic E-state index is 12.2. The third-order valence-corrected chi connectivity index (χ3v) is 5.19. The zero-order chi connectivity index (χ0) is 20.8. The lowest BCUT2D eigenvalue weighted by atomic mass is 10.1. The van der Waals surface area contributed by atoms with Gasteiger partial charge in [0.25, 0.3) is 0 Å². The largest absolute Gasteiger partial charge is 0.497 e. The summed E-state index contributed by atoms with van der Waals surface area (Å²) >= 11 is 0. The Balaban J connectivity index is 1.51. The normalized spacial score (nSPS) is 15.8. The van der Waals surface area contributed by atoms with E-state index in [1.807, 2.05) is 47.1 Å². The molecule has 1 N–H and O–H groups in total. The molecule has 1 aliphatic heterocycles. The molecule has 0 saturated carbocycles. The van der Waals surface area contributed by atoms with Crippen LogP contribution in [0.5, 0.6) is 5.75 Å². The maximum Gasteiger partial charge on any atom is 0.222 e. The minimum Gasteiger partial charge on any atom is -0.497 e. The first-order chi connectivity index (χ1) is 14.7. The summed E-state index contributed by atoms with van der Waals surface area (Å²) in [5.74, 6) is 0.803. The topological polar surface area (TPSA) is 78.3 Å². The number of pyridine rings is 1. The van der Waals surface area contributed by atoms with Crippen molar-refractivity contribution < 1.29 is 14.3 Å². The molecule has 1 saturated heterocycles. The molecule has 30 heavy (non-hydrogen) atoms. The lowest BCUT2D eigenvalue weighted by Crippen LogP contribution is -2.30. The van der Waals surface area contributed by atoms with E-state index >= 15 is 0 Å². The summed E-state index contributed by atoms with van der Waals surface area (Å²) in [6, 6.07) is 13.8. The van der Waals surface area contributed by atoms with E-state index in [4.69, 9.17) is 14.6 Å². The standard InChI is InChI=1S/C23H26N4O3/c1-29-19-7-2-5-17(13-19)22-15-21(18-6-3-9-24-16-18)26-27(22)11-10-25-23(28)14-20-8-4-12-30-20/h2-3,5-7,9,13,15-16,20H,4,8,10-12,14H2,1H3,(H,25,28). The van der Waals surface area contributed by atoms with E-state index in [1.165, 1.54) is 0 Å². The summed E-state index contributed by atoms with van der Waals surface area (Å²) in [4.78, 5) is 16.4. The van der Waals surface area contributed by atoms with E-state index in [-0.39, 0.29) is 12.0 Å². The van der Waals surface area contributed by atoms with E-state index in [0.717, 1.165) is 47.7 Å². The second-order valence-electron chi connectivity index (χ2n) is 7.30. The van der Waals surface area contributed by atoms with E-state index in [1.54, 1.807) is 19.5 Å². The Bertz CT molecular complexity index is 981. The molecule has 1 amide bonds. The molecule has 2 aromatic heterocycles. The molecule has 0 spiro atoms. The van der Waals surface area contributed by atoms with Crippen molar-refractivity contribution >= 4 is 5.91 Å². The van der Waals surface area contributed by atoms with Crippen molar-refractivity contribution in [2.75, 3.05) is 20.3 Å². The zero-order valence-corrected chi connectivity index (χ0v) is 17.1. The molecule has 3 aromatic rings. The first-order valence-electron chi connectivity index (χ1n) is 10.2. The van der Waals surface area contributed by atoms with Crippen molar-refractivity contribution in [2.45, 2.75) is 31.9 Å². The van der Waals surface area contributed by atoms with Gasteiger partial charge in [0.2, 0.25) is 5.91 Å². The molecular weight excluding hydrogens is 380 g/mol. The molecule has 156 valence electrons. The van der Waals surface area contributed by atoms with Crippen molar-refractivity contribution in [1.82, 2.24) is 20.1 Å². The van der Waals surface area contributed by atoms with Crippen LogP contribution in [0.25, 0.3) is 22.5 Å². The highest BCUT2D eigenvalue weighted by Gasteiger charge is 2.19.